The van der Waals surface area contributed by atoms with E-state index in [0.717, 1.165) is 0 Å². The highest BCUT2D eigenvalue weighted by atomic mass is 19.3. The molecular weight excluding hydrogens is 381 g/mol. The standard InChI is InChI=1S/C12H17BF2N2O3.C4H4O4/c1-11(2)12(3,4)20-13(19-11)7-5-8(18-10(14)15)9(16)17-6-7;5-3(6)1-2-4(7)8/h5-6,10H,1-4H3,(H2,16,17);1-2H,(H,5,6)(H,7,8)/b;2-1-. The maximum atomic E-state index is 12.3. The lowest BCUT2D eigenvalue weighted by Crippen LogP contribution is -2.41. The van der Waals surface area contributed by atoms with Gasteiger partial charge in [-0.1, -0.05) is 0 Å². The molecule has 2 rings (SSSR count). The molecule has 0 aliphatic carbocycles. The Morgan fingerprint density at radius 2 is 1.64 bits per heavy atom. The van der Waals surface area contributed by atoms with Crippen LogP contribution in [0.5, 0.6) is 5.75 Å². The summed E-state index contributed by atoms with van der Waals surface area (Å²) >= 11 is 0. The van der Waals surface area contributed by atoms with Gasteiger partial charge in [0, 0.05) is 23.8 Å². The average Bonchev–Trinajstić information content (AvgIpc) is 2.76. The smallest absolute Gasteiger partial charge is 0.478 e. The van der Waals surface area contributed by atoms with E-state index in [-0.39, 0.29) is 11.6 Å². The van der Waals surface area contributed by atoms with Crippen molar-refractivity contribution in [2.45, 2.75) is 45.5 Å². The number of aromatic nitrogens is 1. The molecule has 28 heavy (non-hydrogen) atoms. The Hall–Kier alpha value is -2.73. The van der Waals surface area contributed by atoms with Crippen molar-refractivity contribution in [3.05, 3.63) is 24.4 Å². The SMILES string of the molecule is CC1(C)OB(c2cnc(N)c(OC(F)F)c2)OC1(C)C.O=C(O)/C=C\C(=O)O. The van der Waals surface area contributed by atoms with Crippen molar-refractivity contribution >= 4 is 30.3 Å². The first kappa shape index (κ1) is 23.3. The zero-order valence-corrected chi connectivity index (χ0v) is 15.7. The van der Waals surface area contributed by atoms with E-state index in [1.165, 1.54) is 12.3 Å². The molecule has 9 nitrogen and oxygen atoms in total. The first-order valence-electron chi connectivity index (χ1n) is 7.95. The highest BCUT2D eigenvalue weighted by Crippen LogP contribution is 2.36. The van der Waals surface area contributed by atoms with Gasteiger partial charge in [-0.05, 0) is 33.8 Å². The Bertz CT molecular complexity index is 725. The van der Waals surface area contributed by atoms with Gasteiger partial charge in [0.2, 0.25) is 0 Å². The van der Waals surface area contributed by atoms with Crippen LogP contribution in [-0.4, -0.2) is 52.1 Å². The van der Waals surface area contributed by atoms with E-state index in [4.69, 9.17) is 25.3 Å². The van der Waals surface area contributed by atoms with Crippen molar-refractivity contribution in [1.82, 2.24) is 4.98 Å². The van der Waals surface area contributed by atoms with Crippen molar-refractivity contribution in [3.8, 4) is 5.75 Å². The van der Waals surface area contributed by atoms with E-state index in [0.29, 0.717) is 17.6 Å². The third kappa shape index (κ3) is 6.46. The Balaban J connectivity index is 0.000000416. The molecule has 2 heterocycles. The van der Waals surface area contributed by atoms with E-state index in [9.17, 15) is 18.4 Å². The van der Waals surface area contributed by atoms with Gasteiger partial charge in [0.25, 0.3) is 0 Å². The molecule has 0 bridgehead atoms. The molecule has 0 radical (unpaired) electrons. The molecule has 0 saturated carbocycles. The molecule has 0 atom stereocenters. The minimum Gasteiger partial charge on any atom is -0.478 e. The van der Waals surface area contributed by atoms with Crippen LogP contribution in [-0.2, 0) is 18.9 Å². The number of nitrogen functional groups attached to an aromatic ring is 1. The molecule has 0 amide bonds. The number of carboxylic acids is 2. The molecule has 1 saturated heterocycles. The molecule has 0 aromatic carbocycles. The van der Waals surface area contributed by atoms with Gasteiger partial charge in [-0.15, -0.1) is 0 Å². The van der Waals surface area contributed by atoms with Gasteiger partial charge in [0.15, 0.2) is 11.6 Å². The fourth-order valence-electron chi connectivity index (χ4n) is 1.91. The quantitative estimate of drug-likeness (QED) is 0.490. The van der Waals surface area contributed by atoms with E-state index in [1.807, 2.05) is 27.7 Å². The number of nitrogens with zero attached hydrogens (tertiary/aromatic N) is 1. The third-order valence-electron chi connectivity index (χ3n) is 4.01. The monoisotopic (exact) mass is 402 g/mol. The predicted molar refractivity (Wildman–Crippen MR) is 95.4 cm³/mol. The van der Waals surface area contributed by atoms with E-state index in [1.54, 1.807) is 0 Å². The first-order valence-corrected chi connectivity index (χ1v) is 7.95. The lowest BCUT2D eigenvalue weighted by atomic mass is 9.80. The number of ether oxygens (including phenoxy) is 1. The molecule has 0 unspecified atom stereocenters. The normalized spacial score (nSPS) is 17.3. The van der Waals surface area contributed by atoms with Crippen molar-refractivity contribution in [2.75, 3.05) is 5.73 Å². The van der Waals surface area contributed by atoms with E-state index >= 15 is 0 Å². The van der Waals surface area contributed by atoms with Crippen LogP contribution < -0.4 is 15.9 Å². The molecule has 4 N–H and O–H groups in total. The van der Waals surface area contributed by atoms with Crippen molar-refractivity contribution in [3.63, 3.8) is 0 Å². The van der Waals surface area contributed by atoms with Crippen molar-refractivity contribution < 1.29 is 42.6 Å². The Morgan fingerprint density at radius 1 is 1.18 bits per heavy atom. The number of hydrogen-bond acceptors (Lipinski definition) is 7. The minimum atomic E-state index is -2.97. The number of carboxylic acid groups (broad SMARTS) is 2. The van der Waals surface area contributed by atoms with Crippen LogP contribution >= 0.6 is 0 Å². The predicted octanol–water partition coefficient (Wildman–Crippen LogP) is 1.28. The molecular formula is C16H21BF2N2O7. The zero-order valence-electron chi connectivity index (χ0n) is 15.7. The molecule has 1 aliphatic rings. The number of rotatable bonds is 5. The summed E-state index contributed by atoms with van der Waals surface area (Å²) < 4.78 is 40.5. The molecule has 1 fully saturated rings. The van der Waals surface area contributed by atoms with Gasteiger partial charge < -0.3 is 30.0 Å². The van der Waals surface area contributed by atoms with Gasteiger partial charge in [0.05, 0.1) is 11.2 Å². The number of pyridine rings is 1. The maximum Gasteiger partial charge on any atom is 0.496 e. The van der Waals surface area contributed by atoms with Gasteiger partial charge in [-0.2, -0.15) is 8.78 Å². The summed E-state index contributed by atoms with van der Waals surface area (Å²) in [6.45, 7) is 4.62. The highest BCUT2D eigenvalue weighted by Gasteiger charge is 2.52. The summed E-state index contributed by atoms with van der Waals surface area (Å²) in [4.78, 5) is 22.9. The Morgan fingerprint density at radius 3 is 2.04 bits per heavy atom. The summed E-state index contributed by atoms with van der Waals surface area (Å²) in [6.07, 6.45) is 2.54. The second-order valence-corrected chi connectivity index (χ2v) is 6.63. The third-order valence-corrected chi connectivity index (χ3v) is 4.01. The minimum absolute atomic E-state index is 0.106. The molecule has 12 heteroatoms. The fraction of sp³-hybridized carbons (Fsp3) is 0.438. The summed E-state index contributed by atoms with van der Waals surface area (Å²) in [6, 6.07) is 1.36. The van der Waals surface area contributed by atoms with Crippen LogP contribution in [0.2, 0.25) is 0 Å². The Kier molecular flexibility index (Phi) is 7.47. The summed E-state index contributed by atoms with van der Waals surface area (Å²) in [5, 5.41) is 15.6. The number of halogens is 2. The second-order valence-electron chi connectivity index (χ2n) is 6.63. The van der Waals surface area contributed by atoms with Crippen LogP contribution in [0.4, 0.5) is 14.6 Å². The van der Waals surface area contributed by atoms with Gasteiger partial charge in [0.1, 0.15) is 0 Å². The number of hydrogen-bond donors (Lipinski definition) is 3. The average molecular weight is 402 g/mol. The molecule has 1 aromatic rings. The number of nitrogens with two attached hydrogens (primary N) is 1. The number of carbonyl (C=O) groups is 2. The lowest BCUT2D eigenvalue weighted by molar-refractivity contribution is -0.134. The molecule has 0 spiro atoms. The topological polar surface area (TPSA) is 141 Å². The lowest BCUT2D eigenvalue weighted by Gasteiger charge is -2.32. The molecule has 1 aliphatic heterocycles. The number of anilines is 1. The number of alkyl halides is 2. The van der Waals surface area contributed by atoms with Crippen LogP contribution in [0.15, 0.2) is 24.4 Å². The highest BCUT2D eigenvalue weighted by molar-refractivity contribution is 6.62. The molecule has 1 aromatic heterocycles. The summed E-state index contributed by atoms with van der Waals surface area (Å²) in [7, 11) is -0.701. The summed E-state index contributed by atoms with van der Waals surface area (Å²) in [5.41, 5.74) is 4.92. The number of aliphatic carboxylic acids is 2. The van der Waals surface area contributed by atoms with E-state index in [2.05, 4.69) is 9.72 Å². The summed E-state index contributed by atoms with van der Waals surface area (Å²) in [5.74, 6) is -2.81. The van der Waals surface area contributed by atoms with Gasteiger partial charge in [-0.3, -0.25) is 0 Å². The van der Waals surface area contributed by atoms with E-state index < -0.39 is 36.9 Å². The zero-order chi connectivity index (χ0) is 21.7. The van der Waals surface area contributed by atoms with Crippen LogP contribution in [0.3, 0.4) is 0 Å². The first-order chi connectivity index (χ1) is 12.7. The van der Waals surface area contributed by atoms with Gasteiger partial charge >= 0.3 is 25.7 Å². The van der Waals surface area contributed by atoms with Gasteiger partial charge in [-0.25, -0.2) is 14.6 Å². The van der Waals surface area contributed by atoms with Crippen LogP contribution in [0.25, 0.3) is 0 Å². The largest absolute Gasteiger partial charge is 0.496 e. The van der Waals surface area contributed by atoms with Crippen molar-refractivity contribution in [1.29, 1.82) is 0 Å². The fourth-order valence-corrected chi connectivity index (χ4v) is 1.91. The molecule has 154 valence electrons. The van der Waals surface area contributed by atoms with Crippen molar-refractivity contribution in [2.24, 2.45) is 0 Å². The second kappa shape index (κ2) is 8.98. The van der Waals surface area contributed by atoms with Crippen LogP contribution in [0.1, 0.15) is 27.7 Å². The maximum absolute atomic E-state index is 12.3. The Labute approximate surface area is 160 Å². The van der Waals surface area contributed by atoms with Crippen LogP contribution in [0, 0.1) is 0 Å².